The zero-order chi connectivity index (χ0) is 54.5. The van der Waals surface area contributed by atoms with E-state index in [1.165, 1.54) is 193 Å². The van der Waals surface area contributed by atoms with E-state index in [-0.39, 0.29) is 58.7 Å². The predicted octanol–water partition coefficient (Wildman–Crippen LogP) is 15.3. The lowest BCUT2D eigenvalue weighted by Gasteiger charge is -2.14. The number of aromatic nitrogens is 3. The molecular weight excluding hydrogens is 1000 g/mol. The van der Waals surface area contributed by atoms with Gasteiger partial charge in [0.2, 0.25) is 0 Å². The Kier molecular flexibility index (Phi) is 50.9. The second-order valence-corrected chi connectivity index (χ2v) is 24.4. The minimum atomic E-state index is -0.879. The highest BCUT2D eigenvalue weighted by molar-refractivity contribution is 7.99. The molecule has 75 heavy (non-hydrogen) atoms. The Labute approximate surface area is 469 Å². The molecule has 1 rings (SSSR count). The largest absolute Gasteiger partial charge is 0.464 e. The van der Waals surface area contributed by atoms with Crippen molar-refractivity contribution < 1.29 is 28.6 Å². The van der Waals surface area contributed by atoms with Crippen molar-refractivity contribution in [3.8, 4) is 0 Å². The first-order valence-electron chi connectivity index (χ1n) is 30.9. The van der Waals surface area contributed by atoms with Gasteiger partial charge in [0.15, 0.2) is 0 Å². The van der Waals surface area contributed by atoms with Crippen LogP contribution in [0.5, 0.6) is 0 Å². The molecule has 1 aromatic heterocycles. The first-order valence-corrected chi connectivity index (χ1v) is 34.4. The number of rotatable bonds is 57. The maximum absolute atomic E-state index is 13.6. The summed E-state index contributed by atoms with van der Waals surface area (Å²) < 4.78 is 18.9. The molecule has 438 valence electrons. The van der Waals surface area contributed by atoms with Gasteiger partial charge >= 0.3 is 35.0 Å². The second kappa shape index (κ2) is 53.9. The Hall–Kier alpha value is -2.13. The van der Waals surface area contributed by atoms with Gasteiger partial charge in [-0.2, -0.15) is 35.3 Å². The molecule has 1 aromatic rings. The van der Waals surface area contributed by atoms with E-state index in [4.69, 9.17) is 14.2 Å². The van der Waals surface area contributed by atoms with Gasteiger partial charge in [-0.1, -0.05) is 194 Å². The summed E-state index contributed by atoms with van der Waals surface area (Å²) in [6.45, 7) is 5.32. The van der Waals surface area contributed by atoms with E-state index in [2.05, 4.69) is 20.8 Å². The summed E-state index contributed by atoms with van der Waals surface area (Å²) in [5.74, 6) is 5.16. The Morgan fingerprint density at radius 2 is 0.480 bits per heavy atom. The number of thioether (sulfide) groups is 3. The third kappa shape index (κ3) is 42.5. The van der Waals surface area contributed by atoms with Gasteiger partial charge in [-0.15, -0.1) is 0 Å². The molecule has 1 heterocycles. The quantitative estimate of drug-likeness (QED) is 0.0348. The van der Waals surface area contributed by atoms with Gasteiger partial charge < -0.3 is 14.2 Å². The Bertz CT molecular complexity index is 1470. The summed E-state index contributed by atoms with van der Waals surface area (Å²) in [4.78, 5) is 78.7. The first-order chi connectivity index (χ1) is 36.8. The Balaban J connectivity index is 2.57. The zero-order valence-corrected chi connectivity index (χ0v) is 50.8. The third-order valence-corrected chi connectivity index (χ3v) is 17.3. The van der Waals surface area contributed by atoms with Crippen molar-refractivity contribution in [3.05, 3.63) is 31.5 Å². The molecule has 0 saturated carbocycles. The molecule has 0 aromatic carbocycles. The molecule has 0 aliphatic carbocycles. The van der Waals surface area contributed by atoms with E-state index < -0.39 is 35.0 Å². The molecule has 0 N–H and O–H groups in total. The lowest BCUT2D eigenvalue weighted by molar-refractivity contribution is -0.144. The van der Waals surface area contributed by atoms with Crippen LogP contribution in [0.15, 0.2) is 14.4 Å². The number of hydrogen-bond acceptors (Lipinski definition) is 12. The van der Waals surface area contributed by atoms with Crippen molar-refractivity contribution in [1.29, 1.82) is 0 Å². The van der Waals surface area contributed by atoms with E-state index in [0.29, 0.717) is 19.3 Å². The van der Waals surface area contributed by atoms with Crippen molar-refractivity contribution >= 4 is 53.2 Å². The molecule has 0 bridgehead atoms. The normalized spacial score (nSPS) is 11.4. The number of carbonyl (C=O) groups is 3. The van der Waals surface area contributed by atoms with Crippen LogP contribution in [0.3, 0.4) is 0 Å². The molecule has 12 nitrogen and oxygen atoms in total. The van der Waals surface area contributed by atoms with Crippen LogP contribution in [0.1, 0.15) is 271 Å². The smallest absolute Gasteiger partial charge is 0.336 e. The number of nitrogens with zero attached hydrogens (tertiary/aromatic N) is 3. The molecule has 0 unspecified atom stereocenters. The molecule has 15 heteroatoms. The molecule has 0 aliphatic heterocycles. The minimum Gasteiger partial charge on any atom is -0.464 e. The van der Waals surface area contributed by atoms with Crippen LogP contribution in [0, 0.1) is 0 Å². The van der Waals surface area contributed by atoms with Crippen molar-refractivity contribution in [1.82, 2.24) is 13.7 Å². The first kappa shape index (κ1) is 70.9. The topological polar surface area (TPSA) is 145 Å². The fraction of sp³-hybridized carbons (Fsp3) is 0.900. The van der Waals surface area contributed by atoms with Gasteiger partial charge in [0.1, 0.15) is 19.8 Å². The van der Waals surface area contributed by atoms with Crippen molar-refractivity contribution in [2.45, 2.75) is 291 Å². The number of hydrogen-bond donors (Lipinski definition) is 0. The van der Waals surface area contributed by atoms with Crippen LogP contribution in [0.4, 0.5) is 0 Å². The number of ether oxygens (including phenoxy) is 3. The molecule has 0 atom stereocenters. The molecule has 0 radical (unpaired) electrons. The fourth-order valence-corrected chi connectivity index (χ4v) is 12.1. The van der Waals surface area contributed by atoms with Gasteiger partial charge in [0, 0.05) is 19.3 Å². The Morgan fingerprint density at radius 1 is 0.293 bits per heavy atom. The van der Waals surface area contributed by atoms with Gasteiger partial charge in [0.05, 0.1) is 19.6 Å². The van der Waals surface area contributed by atoms with Crippen LogP contribution < -0.4 is 17.1 Å². The van der Waals surface area contributed by atoms with Crippen LogP contribution in [-0.4, -0.2) is 85.9 Å². The fourth-order valence-electron chi connectivity index (χ4n) is 9.03. The SMILES string of the molecule is CCCCCCCCCCCCSCCCCC(=O)OCCn1c(=O)n(CCOC(=O)CCCCSCCCCCCCCCCCC)c(=O)n(CCOC(=O)CCCCSCCCCCCCCCCCC)c1=O. The highest BCUT2D eigenvalue weighted by Crippen LogP contribution is 2.17. The summed E-state index contributed by atoms with van der Waals surface area (Å²) in [6, 6.07) is 0. The lowest BCUT2D eigenvalue weighted by Crippen LogP contribution is -2.55. The van der Waals surface area contributed by atoms with E-state index in [0.717, 1.165) is 67.5 Å². The summed E-state index contributed by atoms with van der Waals surface area (Å²) in [5.41, 5.74) is -2.64. The van der Waals surface area contributed by atoms with Crippen LogP contribution >= 0.6 is 35.3 Å². The predicted molar refractivity (Wildman–Crippen MR) is 321 cm³/mol. The molecular formula is C60H111N3O9S3. The third-order valence-electron chi connectivity index (χ3n) is 13.8. The molecule has 0 spiro atoms. The summed E-state index contributed by atoms with van der Waals surface area (Å²) in [6.07, 6.45) is 45.3. The monoisotopic (exact) mass is 1110 g/mol. The lowest BCUT2D eigenvalue weighted by atomic mass is 10.1. The number of unbranched alkanes of at least 4 members (excludes halogenated alkanes) is 30. The van der Waals surface area contributed by atoms with Crippen LogP contribution in [-0.2, 0) is 48.2 Å². The summed E-state index contributed by atoms with van der Waals surface area (Å²) in [5, 5.41) is 0. The second-order valence-electron chi connectivity index (χ2n) is 20.7. The average Bonchev–Trinajstić information content (AvgIpc) is 3.40. The van der Waals surface area contributed by atoms with E-state index in [1.54, 1.807) is 0 Å². The molecule has 0 aliphatic rings. The average molecular weight is 1110 g/mol. The standard InChI is InChI=1S/C60H111N3O9S3/c1-4-7-10-13-16-19-22-25-28-34-49-73-52-37-31-40-55(64)70-46-43-61-58(67)62(44-47-71-56(65)41-32-38-53-74-50-35-29-26-23-20-17-14-11-8-5-2)60(69)63(59(61)68)45-48-72-57(66)42-33-39-54-75-51-36-30-27-24-21-18-15-12-9-6-3/h4-54H2,1-3H3. The van der Waals surface area contributed by atoms with E-state index in [9.17, 15) is 28.8 Å². The summed E-state index contributed by atoms with van der Waals surface area (Å²) in [7, 11) is 0. The van der Waals surface area contributed by atoms with Gasteiger partial charge in [-0.3, -0.25) is 14.4 Å². The molecule has 0 saturated heterocycles. The van der Waals surface area contributed by atoms with Crippen molar-refractivity contribution in [2.24, 2.45) is 0 Å². The number of carbonyl (C=O) groups excluding carboxylic acids is 3. The molecule has 0 fully saturated rings. The van der Waals surface area contributed by atoms with Gasteiger partial charge in [-0.25, -0.2) is 28.1 Å². The summed E-state index contributed by atoms with van der Waals surface area (Å²) >= 11 is 5.78. The van der Waals surface area contributed by atoms with Gasteiger partial charge in [0.25, 0.3) is 0 Å². The van der Waals surface area contributed by atoms with Crippen molar-refractivity contribution in [2.75, 3.05) is 54.3 Å². The maximum atomic E-state index is 13.6. The maximum Gasteiger partial charge on any atom is 0.336 e. The van der Waals surface area contributed by atoms with E-state index >= 15 is 0 Å². The number of esters is 3. The Morgan fingerprint density at radius 3 is 0.693 bits per heavy atom. The van der Waals surface area contributed by atoms with Crippen LogP contribution in [0.25, 0.3) is 0 Å². The van der Waals surface area contributed by atoms with Crippen molar-refractivity contribution in [3.63, 3.8) is 0 Å². The highest BCUT2D eigenvalue weighted by atomic mass is 32.2. The minimum absolute atomic E-state index is 0.223. The molecule has 0 amide bonds. The van der Waals surface area contributed by atoms with E-state index in [1.807, 2.05) is 35.3 Å². The highest BCUT2D eigenvalue weighted by Gasteiger charge is 2.18. The van der Waals surface area contributed by atoms with Gasteiger partial charge in [-0.05, 0) is 92.3 Å². The zero-order valence-electron chi connectivity index (χ0n) is 48.3. The van der Waals surface area contributed by atoms with Crippen LogP contribution in [0.2, 0.25) is 0 Å².